The Morgan fingerprint density at radius 2 is 1.69 bits per heavy atom. The van der Waals surface area contributed by atoms with Gasteiger partial charge in [0.15, 0.2) is 0 Å². The first-order chi connectivity index (χ1) is 14.1. The maximum atomic E-state index is 4.34. The summed E-state index contributed by atoms with van der Waals surface area (Å²) in [6, 6.07) is 20.5. The summed E-state index contributed by atoms with van der Waals surface area (Å²) >= 11 is 0. The van der Waals surface area contributed by atoms with Crippen molar-refractivity contribution in [3.8, 4) is 0 Å². The van der Waals surface area contributed by atoms with Crippen molar-refractivity contribution in [2.75, 3.05) is 23.4 Å². The van der Waals surface area contributed by atoms with E-state index in [4.69, 9.17) is 0 Å². The van der Waals surface area contributed by atoms with Crippen molar-refractivity contribution in [2.45, 2.75) is 0 Å². The van der Waals surface area contributed by atoms with Gasteiger partial charge in [-0.25, -0.2) is 0 Å². The van der Waals surface area contributed by atoms with E-state index >= 15 is 0 Å². The minimum atomic E-state index is 0.759. The maximum absolute atomic E-state index is 4.34. The van der Waals surface area contributed by atoms with E-state index in [9.17, 15) is 0 Å². The molecule has 1 aliphatic heterocycles. The summed E-state index contributed by atoms with van der Waals surface area (Å²) in [4.78, 5) is 4.28. The monoisotopic (exact) mass is 381 g/mol. The molecule has 0 saturated heterocycles. The van der Waals surface area contributed by atoms with Gasteiger partial charge in [-0.05, 0) is 48.2 Å². The summed E-state index contributed by atoms with van der Waals surface area (Å²) < 4.78 is 0. The highest BCUT2D eigenvalue weighted by Gasteiger charge is 2.15. The first-order valence-corrected chi connectivity index (χ1v) is 9.55. The van der Waals surface area contributed by atoms with Crippen LogP contribution in [-0.4, -0.2) is 13.6 Å². The molecule has 29 heavy (non-hydrogen) atoms. The second kappa shape index (κ2) is 9.47. The normalized spacial score (nSPS) is 13.5. The fraction of sp³-hybridized carbons (Fsp3) is 0.0769. The molecule has 1 aliphatic rings. The largest absolute Gasteiger partial charge is 0.362 e. The predicted octanol–water partition coefficient (Wildman–Crippen LogP) is 5.77. The van der Waals surface area contributed by atoms with E-state index in [-0.39, 0.29) is 0 Å². The highest BCUT2D eigenvalue weighted by atomic mass is 15.1. The van der Waals surface area contributed by atoms with Crippen molar-refractivity contribution in [1.29, 1.82) is 0 Å². The lowest BCUT2D eigenvalue weighted by Gasteiger charge is -2.27. The molecule has 3 rings (SSSR count). The number of nitrogens with one attached hydrogen (secondary N) is 1. The van der Waals surface area contributed by atoms with Crippen LogP contribution < -0.4 is 15.1 Å². The van der Waals surface area contributed by atoms with Gasteiger partial charge in [0.1, 0.15) is 0 Å². The van der Waals surface area contributed by atoms with Crippen LogP contribution in [0.25, 0.3) is 0 Å². The Morgan fingerprint density at radius 1 is 1.03 bits per heavy atom. The summed E-state index contributed by atoms with van der Waals surface area (Å²) in [7, 11) is 2.01. The zero-order valence-electron chi connectivity index (χ0n) is 16.9. The highest BCUT2D eigenvalue weighted by molar-refractivity contribution is 5.61. The lowest BCUT2D eigenvalue weighted by molar-refractivity contribution is 1.01. The van der Waals surface area contributed by atoms with Gasteiger partial charge in [0.05, 0.1) is 0 Å². The number of rotatable bonds is 8. The first-order valence-electron chi connectivity index (χ1n) is 9.55. The number of anilines is 2. The zero-order chi connectivity index (χ0) is 20.6. The average Bonchev–Trinajstić information content (AvgIpc) is 2.78. The number of nitrogens with zero attached hydrogens (tertiary/aromatic N) is 2. The minimum absolute atomic E-state index is 0.759. The maximum Gasteiger partial charge on any atom is 0.0476 e. The lowest BCUT2D eigenvalue weighted by Crippen LogP contribution is -2.23. The molecule has 146 valence electrons. The van der Waals surface area contributed by atoms with Crippen LogP contribution in [0.4, 0.5) is 11.4 Å². The zero-order valence-corrected chi connectivity index (χ0v) is 16.9. The Kier molecular flexibility index (Phi) is 6.54. The van der Waals surface area contributed by atoms with E-state index in [1.165, 1.54) is 5.57 Å². The van der Waals surface area contributed by atoms with Gasteiger partial charge in [-0.3, -0.25) is 0 Å². The molecule has 0 aliphatic carbocycles. The topological polar surface area (TPSA) is 18.5 Å². The van der Waals surface area contributed by atoms with E-state index < -0.39 is 0 Å². The highest BCUT2D eigenvalue weighted by Crippen LogP contribution is 2.27. The lowest BCUT2D eigenvalue weighted by atomic mass is 10.0. The number of likely N-dealkylation sites (N-methyl/N-ethyl adjacent to an activating group) is 1. The van der Waals surface area contributed by atoms with Gasteiger partial charge in [-0.15, -0.1) is 0 Å². The summed E-state index contributed by atoms with van der Waals surface area (Å²) in [5.41, 5.74) is 5.95. The quantitative estimate of drug-likeness (QED) is 0.586. The van der Waals surface area contributed by atoms with E-state index in [0.29, 0.717) is 0 Å². The second-order valence-corrected chi connectivity index (χ2v) is 6.77. The summed E-state index contributed by atoms with van der Waals surface area (Å²) in [6.45, 7) is 13.1. The molecule has 0 saturated carbocycles. The van der Waals surface area contributed by atoms with Gasteiger partial charge >= 0.3 is 0 Å². The Labute approximate surface area is 174 Å². The Hall–Kier alpha value is -3.72. The summed E-state index contributed by atoms with van der Waals surface area (Å²) in [6.07, 6.45) is 10.1. The van der Waals surface area contributed by atoms with Crippen LogP contribution in [0.2, 0.25) is 0 Å². The predicted molar refractivity (Wildman–Crippen MR) is 126 cm³/mol. The summed E-state index contributed by atoms with van der Waals surface area (Å²) in [5.74, 6) is 0. The van der Waals surface area contributed by atoms with Crippen LogP contribution in [0.3, 0.4) is 0 Å². The second-order valence-electron chi connectivity index (χ2n) is 6.77. The van der Waals surface area contributed by atoms with E-state index in [0.717, 1.165) is 34.9 Å². The molecule has 1 heterocycles. The number of hydrogen-bond acceptors (Lipinski definition) is 3. The summed E-state index contributed by atoms with van der Waals surface area (Å²) in [5, 5.41) is 3.12. The molecule has 0 atom stereocenters. The molecule has 2 aromatic carbocycles. The number of para-hydroxylation sites is 2. The molecule has 0 spiro atoms. The van der Waals surface area contributed by atoms with Crippen molar-refractivity contribution in [3.63, 3.8) is 0 Å². The van der Waals surface area contributed by atoms with Gasteiger partial charge in [0.2, 0.25) is 0 Å². The molecule has 0 radical (unpaired) electrons. The van der Waals surface area contributed by atoms with Crippen LogP contribution in [0, 0.1) is 0 Å². The van der Waals surface area contributed by atoms with Crippen LogP contribution in [0.1, 0.15) is 0 Å². The third-order valence-corrected chi connectivity index (χ3v) is 4.81. The van der Waals surface area contributed by atoms with Gasteiger partial charge in [0.25, 0.3) is 0 Å². The Balaban J connectivity index is 1.88. The molecule has 0 aromatic heterocycles. The first kappa shape index (κ1) is 20.0. The Bertz CT molecular complexity index is 966. The molecular weight excluding hydrogens is 354 g/mol. The van der Waals surface area contributed by atoms with E-state index in [2.05, 4.69) is 95.7 Å². The molecule has 1 N–H and O–H groups in total. The van der Waals surface area contributed by atoms with Crippen molar-refractivity contribution < 1.29 is 0 Å². The van der Waals surface area contributed by atoms with Gasteiger partial charge in [-0.1, -0.05) is 62.2 Å². The van der Waals surface area contributed by atoms with Crippen molar-refractivity contribution in [3.05, 3.63) is 134 Å². The number of hydrogen-bond donors (Lipinski definition) is 1. The molecule has 3 heteroatoms. The molecule has 3 nitrogen and oxygen atoms in total. The third kappa shape index (κ3) is 4.96. The molecule has 0 unspecified atom stereocenters. The standard InChI is InChI=1S/C26H27N3/c1-5-27-21(2)26(22(3)28(4)24-14-8-6-9-15-24)19-23-13-12-18-29(20-23)25-16-10-7-11-17-25/h5-19,27H,1-3,20H2,4H3/b26-19+. The van der Waals surface area contributed by atoms with Crippen LogP contribution in [0.5, 0.6) is 0 Å². The smallest absolute Gasteiger partial charge is 0.0476 e. The van der Waals surface area contributed by atoms with E-state index in [1.807, 2.05) is 31.3 Å². The van der Waals surface area contributed by atoms with Crippen LogP contribution >= 0.6 is 0 Å². The molecule has 0 amide bonds. The minimum Gasteiger partial charge on any atom is -0.362 e. The Morgan fingerprint density at radius 3 is 2.34 bits per heavy atom. The van der Waals surface area contributed by atoms with Crippen molar-refractivity contribution in [1.82, 2.24) is 5.32 Å². The molecule has 2 aromatic rings. The number of benzene rings is 2. The van der Waals surface area contributed by atoms with Gasteiger partial charge < -0.3 is 15.1 Å². The van der Waals surface area contributed by atoms with Crippen LogP contribution in [-0.2, 0) is 0 Å². The van der Waals surface area contributed by atoms with Crippen molar-refractivity contribution in [2.24, 2.45) is 0 Å². The SMILES string of the molecule is C=CNC(=C)/C(=C\C1=CC=CN(c2ccccc2)C1)C(=C)N(C)c1ccccc1. The van der Waals surface area contributed by atoms with Crippen LogP contribution in [0.15, 0.2) is 134 Å². The fourth-order valence-electron chi connectivity index (χ4n) is 3.18. The van der Waals surface area contributed by atoms with Gasteiger partial charge in [-0.2, -0.15) is 0 Å². The average molecular weight is 382 g/mol. The molecule has 0 fully saturated rings. The number of allylic oxidation sites excluding steroid dienone is 2. The van der Waals surface area contributed by atoms with Gasteiger partial charge in [0, 0.05) is 48.1 Å². The third-order valence-electron chi connectivity index (χ3n) is 4.81. The van der Waals surface area contributed by atoms with Crippen molar-refractivity contribution >= 4 is 11.4 Å². The fourth-order valence-corrected chi connectivity index (χ4v) is 3.18. The molecular formula is C26H27N3. The molecule has 0 bridgehead atoms. The van der Waals surface area contributed by atoms with E-state index in [1.54, 1.807) is 6.20 Å².